The molecule has 1 aromatic carbocycles. The number of carbonyl (C=O) groups is 1. The van der Waals surface area contributed by atoms with E-state index in [1.54, 1.807) is 38.7 Å². The average molecular weight is 306 g/mol. The van der Waals surface area contributed by atoms with E-state index in [1.807, 2.05) is 22.8 Å². The van der Waals surface area contributed by atoms with Crippen molar-refractivity contribution in [2.24, 2.45) is 0 Å². The summed E-state index contributed by atoms with van der Waals surface area (Å²) in [5.74, 6) is 5.22. The number of pyridine rings is 1. The lowest BCUT2D eigenvalue weighted by molar-refractivity contribution is -0.111. The molecule has 1 amide bonds. The van der Waals surface area contributed by atoms with Gasteiger partial charge < -0.3 is 10.1 Å². The molecule has 0 aliphatic carbocycles. The molecule has 0 radical (unpaired) electrons. The van der Waals surface area contributed by atoms with Crippen LogP contribution in [0.3, 0.4) is 0 Å². The van der Waals surface area contributed by atoms with Gasteiger partial charge in [0.15, 0.2) is 0 Å². The highest BCUT2D eigenvalue weighted by atomic mass is 16.5. The van der Waals surface area contributed by atoms with Crippen molar-refractivity contribution in [3.8, 4) is 23.4 Å². The van der Waals surface area contributed by atoms with Gasteiger partial charge in [0, 0.05) is 11.8 Å². The molecule has 0 unspecified atom stereocenters. The average Bonchev–Trinajstić information content (AvgIpc) is 2.98. The van der Waals surface area contributed by atoms with Crippen LogP contribution in [0, 0.1) is 11.8 Å². The molecule has 0 atom stereocenters. The molecule has 23 heavy (non-hydrogen) atoms. The van der Waals surface area contributed by atoms with Gasteiger partial charge in [-0.25, -0.2) is 9.97 Å². The Balaban J connectivity index is 2.00. The zero-order chi connectivity index (χ0) is 16.2. The van der Waals surface area contributed by atoms with Crippen LogP contribution >= 0.6 is 0 Å². The lowest BCUT2D eigenvalue weighted by Crippen LogP contribution is -2.08. The molecule has 3 rings (SSSR count). The zero-order valence-corrected chi connectivity index (χ0v) is 12.7. The molecule has 3 aromatic rings. The maximum absolute atomic E-state index is 11.6. The Morgan fingerprint density at radius 1 is 1.26 bits per heavy atom. The summed E-state index contributed by atoms with van der Waals surface area (Å²) >= 11 is 0. The summed E-state index contributed by atoms with van der Waals surface area (Å²) < 4.78 is 6.96. The van der Waals surface area contributed by atoms with Crippen molar-refractivity contribution in [3.05, 3.63) is 42.9 Å². The Hall–Kier alpha value is -3.33. The predicted octanol–water partition coefficient (Wildman–Crippen LogP) is 2.39. The lowest BCUT2D eigenvalue weighted by atomic mass is 10.2. The van der Waals surface area contributed by atoms with Gasteiger partial charge in [-0.1, -0.05) is 5.92 Å². The topological polar surface area (TPSA) is 69.0 Å². The first kappa shape index (κ1) is 14.6. The van der Waals surface area contributed by atoms with Crippen LogP contribution < -0.4 is 10.1 Å². The first-order chi connectivity index (χ1) is 11.2. The number of benzene rings is 1. The molecule has 6 nitrogen and oxygen atoms in total. The van der Waals surface area contributed by atoms with Crippen LogP contribution in [-0.4, -0.2) is 27.6 Å². The molecular weight excluding hydrogens is 292 g/mol. The normalized spacial score (nSPS) is 10.0. The van der Waals surface area contributed by atoms with E-state index in [0.717, 1.165) is 16.7 Å². The van der Waals surface area contributed by atoms with Crippen molar-refractivity contribution < 1.29 is 9.53 Å². The SMILES string of the molecule is CC#CC(=O)Nc1ccc2ncn(-c3ccc(OC)nc3)c2c1. The third kappa shape index (κ3) is 2.99. The molecule has 0 fully saturated rings. The number of anilines is 1. The van der Waals surface area contributed by atoms with Gasteiger partial charge in [-0.05, 0) is 37.1 Å². The molecule has 0 spiro atoms. The first-order valence-electron chi connectivity index (χ1n) is 6.92. The molecule has 1 N–H and O–H groups in total. The van der Waals surface area contributed by atoms with Crippen LogP contribution in [-0.2, 0) is 4.79 Å². The van der Waals surface area contributed by atoms with Crippen LogP contribution in [0.4, 0.5) is 5.69 Å². The minimum absolute atomic E-state index is 0.343. The van der Waals surface area contributed by atoms with Gasteiger partial charge in [0.05, 0.1) is 30.0 Å². The van der Waals surface area contributed by atoms with E-state index in [1.165, 1.54) is 0 Å². The van der Waals surface area contributed by atoms with Crippen molar-refractivity contribution in [2.75, 3.05) is 12.4 Å². The zero-order valence-electron chi connectivity index (χ0n) is 12.7. The fourth-order valence-corrected chi connectivity index (χ4v) is 2.20. The van der Waals surface area contributed by atoms with Gasteiger partial charge in [0.2, 0.25) is 5.88 Å². The van der Waals surface area contributed by atoms with Crippen molar-refractivity contribution in [1.82, 2.24) is 14.5 Å². The Morgan fingerprint density at radius 2 is 2.13 bits per heavy atom. The summed E-state index contributed by atoms with van der Waals surface area (Å²) in [6.07, 6.45) is 3.42. The van der Waals surface area contributed by atoms with Crippen molar-refractivity contribution in [3.63, 3.8) is 0 Å². The van der Waals surface area contributed by atoms with Crippen LogP contribution in [0.15, 0.2) is 42.9 Å². The number of rotatable bonds is 3. The van der Waals surface area contributed by atoms with Crippen molar-refractivity contribution in [2.45, 2.75) is 6.92 Å². The smallest absolute Gasteiger partial charge is 0.300 e. The minimum Gasteiger partial charge on any atom is -0.481 e. The number of imidazole rings is 1. The van der Waals surface area contributed by atoms with E-state index >= 15 is 0 Å². The highest BCUT2D eigenvalue weighted by Crippen LogP contribution is 2.22. The monoisotopic (exact) mass is 306 g/mol. The van der Waals surface area contributed by atoms with Gasteiger partial charge in [-0.2, -0.15) is 0 Å². The second-order valence-electron chi connectivity index (χ2n) is 4.71. The van der Waals surface area contributed by atoms with E-state index in [2.05, 4.69) is 27.1 Å². The van der Waals surface area contributed by atoms with Crippen LogP contribution in [0.2, 0.25) is 0 Å². The van der Waals surface area contributed by atoms with E-state index in [4.69, 9.17) is 4.74 Å². The number of nitrogens with one attached hydrogen (secondary N) is 1. The van der Waals surface area contributed by atoms with E-state index in [0.29, 0.717) is 11.6 Å². The fourth-order valence-electron chi connectivity index (χ4n) is 2.20. The van der Waals surface area contributed by atoms with Gasteiger partial charge >= 0.3 is 0 Å². The largest absolute Gasteiger partial charge is 0.481 e. The number of fused-ring (bicyclic) bond motifs is 1. The molecule has 0 aliphatic rings. The summed E-state index contributed by atoms with van der Waals surface area (Å²) in [5.41, 5.74) is 3.19. The van der Waals surface area contributed by atoms with Crippen LogP contribution in [0.1, 0.15) is 6.92 Å². The standard InChI is InChI=1S/C17H14N4O2/c1-3-4-16(22)20-12-5-7-14-15(9-12)21(11-19-14)13-6-8-17(23-2)18-10-13/h5-11H,1-2H3,(H,20,22). The molecular formula is C17H14N4O2. The third-order valence-corrected chi connectivity index (χ3v) is 3.25. The Labute approximate surface area is 133 Å². The maximum Gasteiger partial charge on any atom is 0.300 e. The molecule has 0 bridgehead atoms. The third-order valence-electron chi connectivity index (χ3n) is 3.25. The van der Waals surface area contributed by atoms with Crippen LogP contribution in [0.25, 0.3) is 16.7 Å². The number of hydrogen-bond donors (Lipinski definition) is 1. The molecule has 6 heteroatoms. The van der Waals surface area contributed by atoms with E-state index < -0.39 is 0 Å². The molecule has 0 saturated heterocycles. The summed E-state index contributed by atoms with van der Waals surface area (Å²) in [6.45, 7) is 1.62. The number of aromatic nitrogens is 3. The number of methoxy groups -OCH3 is 1. The molecule has 114 valence electrons. The number of carbonyl (C=O) groups excluding carboxylic acids is 1. The number of amides is 1. The quantitative estimate of drug-likeness (QED) is 0.754. The summed E-state index contributed by atoms with van der Waals surface area (Å²) in [7, 11) is 1.57. The number of nitrogens with zero attached hydrogens (tertiary/aromatic N) is 3. The van der Waals surface area contributed by atoms with E-state index in [-0.39, 0.29) is 5.91 Å². The molecule has 0 aliphatic heterocycles. The first-order valence-corrected chi connectivity index (χ1v) is 6.92. The molecule has 2 heterocycles. The van der Waals surface area contributed by atoms with E-state index in [9.17, 15) is 4.79 Å². The maximum atomic E-state index is 11.6. The summed E-state index contributed by atoms with van der Waals surface area (Å²) in [6, 6.07) is 9.16. The second kappa shape index (κ2) is 6.20. The van der Waals surface area contributed by atoms with Gasteiger partial charge in [-0.3, -0.25) is 9.36 Å². The number of ether oxygens (including phenoxy) is 1. The van der Waals surface area contributed by atoms with Crippen molar-refractivity contribution in [1.29, 1.82) is 0 Å². The summed E-state index contributed by atoms with van der Waals surface area (Å²) in [5, 5.41) is 2.73. The molecule has 2 aromatic heterocycles. The Kier molecular flexibility index (Phi) is 3.93. The van der Waals surface area contributed by atoms with Gasteiger partial charge in [0.1, 0.15) is 6.33 Å². The van der Waals surface area contributed by atoms with Gasteiger partial charge in [-0.15, -0.1) is 0 Å². The minimum atomic E-state index is -0.343. The fraction of sp³-hybridized carbons (Fsp3) is 0.118. The summed E-state index contributed by atoms with van der Waals surface area (Å²) in [4.78, 5) is 20.1. The van der Waals surface area contributed by atoms with Gasteiger partial charge in [0.25, 0.3) is 5.91 Å². The lowest BCUT2D eigenvalue weighted by Gasteiger charge is -2.06. The van der Waals surface area contributed by atoms with Crippen molar-refractivity contribution >= 4 is 22.6 Å². The highest BCUT2D eigenvalue weighted by molar-refractivity contribution is 6.04. The Morgan fingerprint density at radius 3 is 2.83 bits per heavy atom. The number of hydrogen-bond acceptors (Lipinski definition) is 4. The highest BCUT2D eigenvalue weighted by Gasteiger charge is 2.07. The van der Waals surface area contributed by atoms with Crippen LogP contribution in [0.5, 0.6) is 5.88 Å². The molecule has 0 saturated carbocycles. The second-order valence-corrected chi connectivity index (χ2v) is 4.71. The predicted molar refractivity (Wildman–Crippen MR) is 87.5 cm³/mol. The Bertz CT molecular complexity index is 917.